The number of hydrogen-bond acceptors (Lipinski definition) is 2. The average Bonchev–Trinajstić information content (AvgIpc) is 2.54. The van der Waals surface area contributed by atoms with E-state index in [2.05, 4.69) is 43.4 Å². The summed E-state index contributed by atoms with van der Waals surface area (Å²) in [5.74, 6) is 1.41. The Morgan fingerprint density at radius 1 is 1.22 bits per heavy atom. The van der Waals surface area contributed by atoms with E-state index in [0.29, 0.717) is 18.3 Å². The van der Waals surface area contributed by atoms with Crippen molar-refractivity contribution in [3.05, 3.63) is 35.9 Å². The van der Waals surface area contributed by atoms with Crippen LogP contribution in [0, 0.1) is 11.8 Å². The molecule has 1 atom stereocenters. The van der Waals surface area contributed by atoms with Gasteiger partial charge in [0.2, 0.25) is 5.91 Å². The Kier molecular flexibility index (Phi) is 8.64. The molecule has 0 saturated carbocycles. The first-order valence-corrected chi connectivity index (χ1v) is 8.61. The summed E-state index contributed by atoms with van der Waals surface area (Å²) >= 11 is 0. The number of halogens is 1. The number of nitrogens with one attached hydrogen (secondary N) is 1. The zero-order valence-electron chi connectivity index (χ0n) is 14.6. The molecule has 1 amide bonds. The largest absolute Gasteiger partial charge is 0.338 e. The molecule has 1 N–H and O–H groups in total. The Labute approximate surface area is 147 Å². The molecular formula is C19H31ClN2O. The van der Waals surface area contributed by atoms with E-state index in [9.17, 15) is 4.79 Å². The third-order valence-electron chi connectivity index (χ3n) is 4.81. The zero-order valence-corrected chi connectivity index (χ0v) is 15.4. The highest BCUT2D eigenvalue weighted by atomic mass is 35.5. The lowest BCUT2D eigenvalue weighted by atomic mass is 9.91. The van der Waals surface area contributed by atoms with E-state index in [1.54, 1.807) is 0 Å². The molecule has 130 valence electrons. The van der Waals surface area contributed by atoms with Crippen molar-refractivity contribution in [2.75, 3.05) is 20.1 Å². The lowest BCUT2D eigenvalue weighted by Gasteiger charge is -2.32. The molecule has 1 unspecified atom stereocenters. The van der Waals surface area contributed by atoms with Gasteiger partial charge in [-0.15, -0.1) is 12.4 Å². The smallest absolute Gasteiger partial charge is 0.222 e. The van der Waals surface area contributed by atoms with Gasteiger partial charge in [-0.3, -0.25) is 4.79 Å². The molecule has 1 aromatic rings. The number of carbonyl (C=O) groups is 1. The highest BCUT2D eigenvalue weighted by molar-refractivity contribution is 5.85. The molecule has 0 aliphatic carbocycles. The Bertz CT molecular complexity index is 458. The quantitative estimate of drug-likeness (QED) is 0.848. The third-order valence-corrected chi connectivity index (χ3v) is 4.81. The molecule has 1 saturated heterocycles. The first-order chi connectivity index (χ1) is 10.6. The van der Waals surface area contributed by atoms with Gasteiger partial charge in [0.05, 0.1) is 6.04 Å². The molecule has 0 bridgehead atoms. The highest BCUT2D eigenvalue weighted by Gasteiger charge is 2.25. The van der Waals surface area contributed by atoms with Crippen LogP contribution in [0.25, 0.3) is 0 Å². The van der Waals surface area contributed by atoms with E-state index in [4.69, 9.17) is 0 Å². The van der Waals surface area contributed by atoms with Crippen LogP contribution in [0.2, 0.25) is 0 Å². The normalized spacial score (nSPS) is 16.7. The van der Waals surface area contributed by atoms with Crippen LogP contribution in [0.5, 0.6) is 0 Å². The van der Waals surface area contributed by atoms with Gasteiger partial charge >= 0.3 is 0 Å². The number of benzene rings is 1. The van der Waals surface area contributed by atoms with Crippen LogP contribution in [0.3, 0.4) is 0 Å². The molecule has 2 rings (SSSR count). The molecular weight excluding hydrogens is 308 g/mol. The molecule has 1 heterocycles. The van der Waals surface area contributed by atoms with Gasteiger partial charge in [0.25, 0.3) is 0 Å². The van der Waals surface area contributed by atoms with Crippen molar-refractivity contribution in [2.24, 2.45) is 11.8 Å². The van der Waals surface area contributed by atoms with Gasteiger partial charge in [-0.25, -0.2) is 0 Å². The standard InChI is InChI=1S/C19H30N2O.ClH/c1-15(2)19(17-7-5-4-6-8-17)21(3)18(22)10-9-16-11-13-20-14-12-16;/h4-8,15-16,19-20H,9-14H2,1-3H3;1H. The molecule has 23 heavy (non-hydrogen) atoms. The Morgan fingerprint density at radius 2 is 1.83 bits per heavy atom. The second-order valence-electron chi connectivity index (χ2n) is 6.84. The van der Waals surface area contributed by atoms with E-state index < -0.39 is 0 Å². The van der Waals surface area contributed by atoms with E-state index in [-0.39, 0.29) is 24.4 Å². The molecule has 0 radical (unpaired) electrons. The van der Waals surface area contributed by atoms with Crippen LogP contribution in [-0.2, 0) is 4.79 Å². The number of hydrogen-bond donors (Lipinski definition) is 1. The molecule has 0 spiro atoms. The third kappa shape index (κ3) is 5.82. The Morgan fingerprint density at radius 3 is 2.39 bits per heavy atom. The number of rotatable bonds is 6. The van der Waals surface area contributed by atoms with E-state index >= 15 is 0 Å². The highest BCUT2D eigenvalue weighted by Crippen LogP contribution is 2.28. The summed E-state index contributed by atoms with van der Waals surface area (Å²) in [4.78, 5) is 14.6. The molecule has 4 heteroatoms. The second-order valence-corrected chi connectivity index (χ2v) is 6.84. The average molecular weight is 339 g/mol. The minimum atomic E-state index is 0. The van der Waals surface area contributed by atoms with Gasteiger partial charge in [-0.05, 0) is 49.8 Å². The zero-order chi connectivity index (χ0) is 15.9. The first kappa shape index (κ1) is 20.0. The van der Waals surface area contributed by atoms with Crippen molar-refractivity contribution in [1.29, 1.82) is 0 Å². The Hall–Kier alpha value is -1.06. The first-order valence-electron chi connectivity index (χ1n) is 8.61. The van der Waals surface area contributed by atoms with Crippen molar-refractivity contribution >= 4 is 18.3 Å². The monoisotopic (exact) mass is 338 g/mol. The van der Waals surface area contributed by atoms with Crippen LogP contribution >= 0.6 is 12.4 Å². The molecule has 1 aliphatic rings. The van der Waals surface area contributed by atoms with Gasteiger partial charge < -0.3 is 10.2 Å². The van der Waals surface area contributed by atoms with Crippen LogP contribution in [0.1, 0.15) is 51.1 Å². The second kappa shape index (κ2) is 9.94. The van der Waals surface area contributed by atoms with Crippen molar-refractivity contribution in [1.82, 2.24) is 10.2 Å². The van der Waals surface area contributed by atoms with Crippen molar-refractivity contribution in [3.63, 3.8) is 0 Å². The van der Waals surface area contributed by atoms with Gasteiger partial charge in [-0.1, -0.05) is 44.2 Å². The van der Waals surface area contributed by atoms with Crippen molar-refractivity contribution in [3.8, 4) is 0 Å². The maximum Gasteiger partial charge on any atom is 0.222 e. The number of carbonyl (C=O) groups excluding carboxylic acids is 1. The fraction of sp³-hybridized carbons (Fsp3) is 0.632. The predicted molar refractivity (Wildman–Crippen MR) is 98.9 cm³/mol. The van der Waals surface area contributed by atoms with E-state index in [1.807, 2.05) is 18.0 Å². The SMILES string of the molecule is CC(C)C(c1ccccc1)N(C)C(=O)CCC1CCNCC1.Cl. The fourth-order valence-corrected chi connectivity index (χ4v) is 3.54. The summed E-state index contributed by atoms with van der Waals surface area (Å²) < 4.78 is 0. The molecule has 1 aromatic carbocycles. The number of piperidine rings is 1. The summed E-state index contributed by atoms with van der Waals surface area (Å²) in [6.45, 7) is 6.59. The topological polar surface area (TPSA) is 32.3 Å². The van der Waals surface area contributed by atoms with E-state index in [1.165, 1.54) is 18.4 Å². The summed E-state index contributed by atoms with van der Waals surface area (Å²) in [6, 6.07) is 10.6. The predicted octanol–water partition coefficient (Wildman–Crippen LogP) is 4.04. The number of nitrogens with zero attached hydrogens (tertiary/aromatic N) is 1. The molecule has 3 nitrogen and oxygen atoms in total. The minimum absolute atomic E-state index is 0. The lowest BCUT2D eigenvalue weighted by molar-refractivity contribution is -0.133. The van der Waals surface area contributed by atoms with Gasteiger partial charge in [-0.2, -0.15) is 0 Å². The summed E-state index contributed by atoms with van der Waals surface area (Å²) in [6.07, 6.45) is 4.13. The van der Waals surface area contributed by atoms with Crippen LogP contribution < -0.4 is 5.32 Å². The van der Waals surface area contributed by atoms with E-state index in [0.717, 1.165) is 19.5 Å². The maximum atomic E-state index is 12.6. The van der Waals surface area contributed by atoms with Gasteiger partial charge in [0, 0.05) is 13.5 Å². The van der Waals surface area contributed by atoms with Crippen molar-refractivity contribution < 1.29 is 4.79 Å². The molecule has 0 aromatic heterocycles. The fourth-order valence-electron chi connectivity index (χ4n) is 3.54. The molecule has 1 fully saturated rings. The lowest BCUT2D eigenvalue weighted by Crippen LogP contribution is -2.35. The maximum absolute atomic E-state index is 12.6. The van der Waals surface area contributed by atoms with Crippen LogP contribution in [-0.4, -0.2) is 30.9 Å². The summed E-state index contributed by atoms with van der Waals surface area (Å²) in [5.41, 5.74) is 1.23. The summed E-state index contributed by atoms with van der Waals surface area (Å²) in [7, 11) is 1.96. The van der Waals surface area contributed by atoms with Crippen LogP contribution in [0.4, 0.5) is 0 Å². The van der Waals surface area contributed by atoms with Gasteiger partial charge in [0.1, 0.15) is 0 Å². The summed E-state index contributed by atoms with van der Waals surface area (Å²) in [5, 5.41) is 3.38. The van der Waals surface area contributed by atoms with Crippen LogP contribution in [0.15, 0.2) is 30.3 Å². The number of amides is 1. The molecule has 1 aliphatic heterocycles. The van der Waals surface area contributed by atoms with Crippen molar-refractivity contribution in [2.45, 2.75) is 45.6 Å². The van der Waals surface area contributed by atoms with Gasteiger partial charge in [0.15, 0.2) is 0 Å². The Balaban J connectivity index is 0.00000264. The minimum Gasteiger partial charge on any atom is -0.338 e.